The topological polar surface area (TPSA) is 69.3 Å². The molecule has 3 heterocycles. The van der Waals surface area contributed by atoms with Crippen molar-refractivity contribution in [1.82, 2.24) is 20.0 Å². The van der Waals surface area contributed by atoms with E-state index in [2.05, 4.69) is 16.3 Å². The third kappa shape index (κ3) is 4.39. The fourth-order valence-corrected chi connectivity index (χ4v) is 4.27. The molecule has 0 saturated carbocycles. The minimum atomic E-state index is -0.273. The summed E-state index contributed by atoms with van der Waals surface area (Å²) in [5, 5.41) is 6.57. The van der Waals surface area contributed by atoms with Crippen molar-refractivity contribution in [3.05, 3.63) is 65.8 Å². The van der Waals surface area contributed by atoms with Gasteiger partial charge in [0.1, 0.15) is 11.5 Å². The second-order valence-corrected chi connectivity index (χ2v) is 7.76. The van der Waals surface area contributed by atoms with E-state index < -0.39 is 0 Å². The molecule has 2 aliphatic rings. The van der Waals surface area contributed by atoms with Crippen LogP contribution in [0.15, 0.2) is 48.7 Å². The summed E-state index contributed by atoms with van der Waals surface area (Å²) >= 11 is 0. The van der Waals surface area contributed by atoms with Gasteiger partial charge in [-0.05, 0) is 48.9 Å². The fourth-order valence-electron chi connectivity index (χ4n) is 4.27. The van der Waals surface area contributed by atoms with E-state index in [0.717, 1.165) is 24.8 Å². The van der Waals surface area contributed by atoms with Crippen LogP contribution in [0.5, 0.6) is 0 Å². The highest BCUT2D eigenvalue weighted by atomic mass is 19.1. The number of piperidine rings is 1. The first-order chi connectivity index (χ1) is 14.1. The molecule has 0 spiro atoms. The summed E-state index contributed by atoms with van der Waals surface area (Å²) < 4.78 is 13.2. The molecule has 1 aromatic carbocycles. The number of aromatic amines is 1. The number of amides is 2. The molecule has 0 aliphatic carbocycles. The quantitative estimate of drug-likeness (QED) is 0.808. The van der Waals surface area contributed by atoms with Crippen molar-refractivity contribution in [3.8, 4) is 0 Å². The number of rotatable bonds is 4. The number of nitrogens with zero attached hydrogens (tertiary/aromatic N) is 3. The Hall–Kier alpha value is -2.96. The maximum Gasteiger partial charge on any atom is 0.271 e. The monoisotopic (exact) mass is 396 g/mol. The van der Waals surface area contributed by atoms with Crippen LogP contribution in [0.4, 0.5) is 4.39 Å². The molecule has 1 saturated heterocycles. The summed E-state index contributed by atoms with van der Waals surface area (Å²) in [6.07, 6.45) is 8.07. The predicted octanol–water partition coefficient (Wildman–Crippen LogP) is 3.01. The normalized spacial score (nSPS) is 20.7. The van der Waals surface area contributed by atoms with Crippen LogP contribution in [0.25, 0.3) is 0 Å². The van der Waals surface area contributed by atoms with Gasteiger partial charge in [-0.3, -0.25) is 14.7 Å². The molecule has 2 aromatic rings. The van der Waals surface area contributed by atoms with Gasteiger partial charge in [-0.1, -0.05) is 24.3 Å². The molecule has 2 amide bonds. The number of hydrogen-bond donors (Lipinski definition) is 1. The van der Waals surface area contributed by atoms with E-state index in [-0.39, 0.29) is 29.5 Å². The van der Waals surface area contributed by atoms with E-state index in [1.165, 1.54) is 12.1 Å². The zero-order valence-corrected chi connectivity index (χ0v) is 16.3. The summed E-state index contributed by atoms with van der Waals surface area (Å²) in [5.41, 5.74) is 1.43. The molecule has 1 aromatic heterocycles. The molecule has 1 atom stereocenters. The fraction of sp³-hybridized carbons (Fsp3) is 0.409. The van der Waals surface area contributed by atoms with E-state index in [0.29, 0.717) is 31.9 Å². The third-order valence-corrected chi connectivity index (χ3v) is 5.93. The molecule has 1 N–H and O–H groups in total. The summed E-state index contributed by atoms with van der Waals surface area (Å²) in [4.78, 5) is 29.4. The third-order valence-electron chi connectivity index (χ3n) is 5.93. The zero-order chi connectivity index (χ0) is 20.2. The highest BCUT2D eigenvalue weighted by Gasteiger charge is 2.35. The molecule has 0 bridgehead atoms. The molecule has 6 nitrogen and oxygen atoms in total. The van der Waals surface area contributed by atoms with E-state index in [1.807, 2.05) is 15.9 Å². The number of allylic oxidation sites excluding steroid dienone is 1. The van der Waals surface area contributed by atoms with Crippen molar-refractivity contribution in [2.24, 2.45) is 11.8 Å². The largest absolute Gasteiger partial charge is 0.337 e. The Labute approximate surface area is 169 Å². The number of likely N-dealkylation sites (tertiary alicyclic amines) is 1. The van der Waals surface area contributed by atoms with Crippen LogP contribution in [0.3, 0.4) is 0 Å². The van der Waals surface area contributed by atoms with Crippen molar-refractivity contribution < 1.29 is 14.0 Å². The standard InChI is InChI=1S/C22H25FN4O2/c23-18-6-4-16(5-7-18)15-27-12-2-1-3-19(21(27)28)17-9-13-26(14-10-17)22(29)20-8-11-24-25-20/h1-2,4-8,11,17,19H,3,9-10,12-15H2,(H,24,25). The van der Waals surface area contributed by atoms with E-state index in [9.17, 15) is 14.0 Å². The first-order valence-corrected chi connectivity index (χ1v) is 10.1. The van der Waals surface area contributed by atoms with Gasteiger partial charge in [0.05, 0.1) is 0 Å². The van der Waals surface area contributed by atoms with Gasteiger partial charge in [-0.2, -0.15) is 5.10 Å². The van der Waals surface area contributed by atoms with Gasteiger partial charge in [-0.25, -0.2) is 4.39 Å². The number of hydrogen-bond acceptors (Lipinski definition) is 3. The highest BCUT2D eigenvalue weighted by Crippen LogP contribution is 2.31. The Kier molecular flexibility index (Phi) is 5.74. The van der Waals surface area contributed by atoms with Gasteiger partial charge >= 0.3 is 0 Å². The highest BCUT2D eigenvalue weighted by molar-refractivity contribution is 5.92. The SMILES string of the molecule is O=C(c1ccn[nH]1)N1CCC(C2CC=CCN(Cc3ccc(F)cc3)C2=O)CC1. The van der Waals surface area contributed by atoms with Gasteiger partial charge in [-0.15, -0.1) is 0 Å². The number of H-pyrrole nitrogens is 1. The van der Waals surface area contributed by atoms with E-state index >= 15 is 0 Å². The van der Waals surface area contributed by atoms with Gasteiger partial charge in [0.15, 0.2) is 0 Å². The minimum absolute atomic E-state index is 0.0361. The number of carbonyl (C=O) groups excluding carboxylic acids is 2. The van der Waals surface area contributed by atoms with Crippen molar-refractivity contribution in [2.75, 3.05) is 19.6 Å². The molecule has 2 aliphatic heterocycles. The number of halogens is 1. The summed E-state index contributed by atoms with van der Waals surface area (Å²) in [5.74, 6) is 0.0270. The average molecular weight is 396 g/mol. The van der Waals surface area contributed by atoms with Crippen LogP contribution in [0, 0.1) is 17.7 Å². The lowest BCUT2D eigenvalue weighted by molar-refractivity contribution is -0.137. The molecule has 0 radical (unpaired) electrons. The van der Waals surface area contributed by atoms with Crippen LogP contribution in [0.1, 0.15) is 35.3 Å². The number of nitrogens with one attached hydrogen (secondary N) is 1. The molecular formula is C22H25FN4O2. The number of carbonyl (C=O) groups is 2. The van der Waals surface area contributed by atoms with Crippen LogP contribution < -0.4 is 0 Å². The molecule has 7 heteroatoms. The second kappa shape index (κ2) is 8.59. The Balaban J connectivity index is 1.39. The lowest BCUT2D eigenvalue weighted by Crippen LogP contribution is -2.44. The Bertz CT molecular complexity index is 871. The number of benzene rings is 1. The molecule has 1 unspecified atom stereocenters. The lowest BCUT2D eigenvalue weighted by atomic mass is 9.81. The average Bonchev–Trinajstić information content (AvgIpc) is 3.22. The predicted molar refractivity (Wildman–Crippen MR) is 106 cm³/mol. The number of aromatic nitrogens is 2. The maximum atomic E-state index is 13.2. The van der Waals surface area contributed by atoms with Crippen LogP contribution in [0.2, 0.25) is 0 Å². The summed E-state index contributed by atoms with van der Waals surface area (Å²) in [7, 11) is 0. The molecule has 29 heavy (non-hydrogen) atoms. The van der Waals surface area contributed by atoms with Crippen molar-refractivity contribution in [1.29, 1.82) is 0 Å². The van der Waals surface area contributed by atoms with Crippen molar-refractivity contribution in [3.63, 3.8) is 0 Å². The van der Waals surface area contributed by atoms with Crippen LogP contribution in [-0.4, -0.2) is 51.4 Å². The second-order valence-electron chi connectivity index (χ2n) is 7.76. The smallest absolute Gasteiger partial charge is 0.271 e. The van der Waals surface area contributed by atoms with E-state index in [4.69, 9.17) is 0 Å². The molecule has 1 fully saturated rings. The van der Waals surface area contributed by atoms with E-state index in [1.54, 1.807) is 24.4 Å². The Morgan fingerprint density at radius 2 is 1.90 bits per heavy atom. The Morgan fingerprint density at radius 3 is 2.59 bits per heavy atom. The molecule has 4 rings (SSSR count). The van der Waals surface area contributed by atoms with Crippen LogP contribution in [-0.2, 0) is 11.3 Å². The van der Waals surface area contributed by atoms with Gasteiger partial charge in [0, 0.05) is 38.3 Å². The Morgan fingerprint density at radius 1 is 1.14 bits per heavy atom. The first kappa shape index (κ1) is 19.4. The minimum Gasteiger partial charge on any atom is -0.337 e. The van der Waals surface area contributed by atoms with Gasteiger partial charge in [0.25, 0.3) is 5.91 Å². The summed E-state index contributed by atoms with van der Waals surface area (Å²) in [6, 6.07) is 7.99. The van der Waals surface area contributed by atoms with Crippen molar-refractivity contribution >= 4 is 11.8 Å². The first-order valence-electron chi connectivity index (χ1n) is 10.1. The summed E-state index contributed by atoms with van der Waals surface area (Å²) in [6.45, 7) is 2.35. The van der Waals surface area contributed by atoms with Gasteiger partial charge in [0.2, 0.25) is 5.91 Å². The van der Waals surface area contributed by atoms with Crippen LogP contribution >= 0.6 is 0 Å². The molecule has 152 valence electrons. The zero-order valence-electron chi connectivity index (χ0n) is 16.3. The molecular weight excluding hydrogens is 371 g/mol. The van der Waals surface area contributed by atoms with Crippen molar-refractivity contribution in [2.45, 2.75) is 25.8 Å². The lowest BCUT2D eigenvalue weighted by Gasteiger charge is -2.36. The van der Waals surface area contributed by atoms with Gasteiger partial charge < -0.3 is 9.80 Å². The maximum absolute atomic E-state index is 13.2.